The van der Waals surface area contributed by atoms with Gasteiger partial charge in [0.2, 0.25) is 5.91 Å². The maximum absolute atomic E-state index is 13.5. The molecule has 1 N–H and O–H groups in total. The van der Waals surface area contributed by atoms with Crippen LogP contribution >= 0.6 is 11.6 Å². The zero-order valence-corrected chi connectivity index (χ0v) is 20.8. The highest BCUT2D eigenvalue weighted by Crippen LogP contribution is 2.27. The molecule has 3 aromatic rings. The minimum Gasteiger partial charge on any atom is -0.494 e. The largest absolute Gasteiger partial charge is 0.494 e. The lowest BCUT2D eigenvalue weighted by atomic mass is 10.3. The van der Waals surface area contributed by atoms with E-state index in [-0.39, 0.29) is 11.0 Å². The summed E-state index contributed by atoms with van der Waals surface area (Å²) in [4.78, 5) is 12.9. The Morgan fingerprint density at radius 3 is 2.29 bits per heavy atom. The molecule has 0 radical (unpaired) electrons. The number of anilines is 2. The molecule has 3 rings (SSSR count). The minimum absolute atomic E-state index is 0.0194. The van der Waals surface area contributed by atoms with Crippen LogP contribution in [0.4, 0.5) is 11.4 Å². The molecule has 0 saturated carbocycles. The summed E-state index contributed by atoms with van der Waals surface area (Å²) >= 11 is 5.93. The molecule has 0 spiro atoms. The molecule has 0 aliphatic carbocycles. The fourth-order valence-electron chi connectivity index (χ4n) is 3.17. The lowest BCUT2D eigenvalue weighted by molar-refractivity contribution is -0.114. The number of halogens is 1. The van der Waals surface area contributed by atoms with Crippen LogP contribution in [-0.2, 0) is 14.8 Å². The van der Waals surface area contributed by atoms with Gasteiger partial charge in [0.25, 0.3) is 10.0 Å². The van der Waals surface area contributed by atoms with Crippen molar-refractivity contribution in [2.45, 2.75) is 31.8 Å². The maximum atomic E-state index is 13.5. The van der Waals surface area contributed by atoms with Gasteiger partial charge in [0.1, 0.15) is 18.0 Å². The van der Waals surface area contributed by atoms with Crippen molar-refractivity contribution >= 4 is 38.9 Å². The van der Waals surface area contributed by atoms with Crippen molar-refractivity contribution in [2.24, 2.45) is 0 Å². The van der Waals surface area contributed by atoms with Crippen LogP contribution in [0.15, 0.2) is 77.7 Å². The second kappa shape index (κ2) is 11.3. The number of nitrogens with one attached hydrogen (secondary N) is 1. The molecule has 0 saturated heterocycles. The van der Waals surface area contributed by atoms with Crippen LogP contribution in [0.3, 0.4) is 0 Å². The predicted octanol–water partition coefficient (Wildman–Crippen LogP) is 5.36. The van der Waals surface area contributed by atoms with Crippen molar-refractivity contribution in [1.82, 2.24) is 0 Å². The molecule has 34 heavy (non-hydrogen) atoms. The number of sulfonamides is 1. The highest BCUT2D eigenvalue weighted by atomic mass is 35.5. The number of carbonyl (C=O) groups is 1. The van der Waals surface area contributed by atoms with E-state index >= 15 is 0 Å². The number of amides is 1. The van der Waals surface area contributed by atoms with E-state index in [2.05, 4.69) is 5.32 Å². The third-order valence-electron chi connectivity index (χ3n) is 4.61. The normalized spacial score (nSPS) is 11.2. The lowest BCUT2D eigenvalue weighted by Crippen LogP contribution is -2.38. The zero-order valence-electron chi connectivity index (χ0n) is 19.2. The number of ether oxygens (including phenoxy) is 2. The van der Waals surface area contributed by atoms with Crippen LogP contribution in [0.25, 0.3) is 0 Å². The Labute approximate surface area is 205 Å². The third kappa shape index (κ3) is 6.65. The van der Waals surface area contributed by atoms with E-state index in [9.17, 15) is 13.2 Å². The molecule has 0 atom stereocenters. The average Bonchev–Trinajstić information content (AvgIpc) is 2.78. The molecule has 0 heterocycles. The molecule has 3 aromatic carbocycles. The van der Waals surface area contributed by atoms with Gasteiger partial charge in [-0.1, -0.05) is 17.7 Å². The van der Waals surface area contributed by atoms with Crippen LogP contribution in [-0.4, -0.2) is 33.6 Å². The number of rotatable bonds is 10. The number of nitrogens with zero attached hydrogens (tertiary/aromatic N) is 1. The summed E-state index contributed by atoms with van der Waals surface area (Å²) in [6.45, 7) is 5.71. The number of carbonyl (C=O) groups excluding carboxylic acids is 1. The molecular weight excluding hydrogens is 476 g/mol. The number of hydrogen-bond acceptors (Lipinski definition) is 5. The molecular formula is C25H27ClN2O5S. The van der Waals surface area contributed by atoms with Gasteiger partial charge in [-0.25, -0.2) is 8.42 Å². The summed E-state index contributed by atoms with van der Waals surface area (Å²) in [7, 11) is -4.06. The van der Waals surface area contributed by atoms with Gasteiger partial charge in [-0.2, -0.15) is 0 Å². The van der Waals surface area contributed by atoms with E-state index in [1.54, 1.807) is 48.5 Å². The summed E-state index contributed by atoms with van der Waals surface area (Å²) in [5.41, 5.74) is 0.823. The van der Waals surface area contributed by atoms with Gasteiger partial charge in [0.05, 0.1) is 23.3 Å². The summed E-state index contributed by atoms with van der Waals surface area (Å²) in [5, 5.41) is 3.16. The molecule has 0 unspecified atom stereocenters. The SMILES string of the molecule is CCOc1ccc(N(CC(=O)Nc2cccc(OC(C)C)c2)S(=O)(=O)c2ccc(Cl)cc2)cc1. The summed E-state index contributed by atoms with van der Waals surface area (Å²) in [6.07, 6.45) is -0.0226. The summed E-state index contributed by atoms with van der Waals surface area (Å²) < 4.78 is 39.1. The first kappa shape index (κ1) is 25.4. The molecule has 0 aromatic heterocycles. The summed E-state index contributed by atoms with van der Waals surface area (Å²) in [5.74, 6) is 0.694. The van der Waals surface area contributed by atoms with Crippen molar-refractivity contribution in [1.29, 1.82) is 0 Å². The molecule has 9 heteroatoms. The highest BCUT2D eigenvalue weighted by molar-refractivity contribution is 7.92. The third-order valence-corrected chi connectivity index (χ3v) is 6.65. The van der Waals surface area contributed by atoms with Gasteiger partial charge in [-0.05, 0) is 81.4 Å². The van der Waals surface area contributed by atoms with E-state index in [0.29, 0.717) is 34.5 Å². The van der Waals surface area contributed by atoms with Crippen molar-refractivity contribution in [3.63, 3.8) is 0 Å². The van der Waals surface area contributed by atoms with Crippen molar-refractivity contribution in [2.75, 3.05) is 22.8 Å². The van der Waals surface area contributed by atoms with E-state index in [1.165, 1.54) is 24.3 Å². The van der Waals surface area contributed by atoms with Gasteiger partial charge < -0.3 is 14.8 Å². The first-order valence-corrected chi connectivity index (χ1v) is 12.6. The van der Waals surface area contributed by atoms with Crippen LogP contribution in [0.5, 0.6) is 11.5 Å². The fourth-order valence-corrected chi connectivity index (χ4v) is 4.72. The first-order valence-electron chi connectivity index (χ1n) is 10.8. The maximum Gasteiger partial charge on any atom is 0.264 e. The Balaban J connectivity index is 1.89. The molecule has 1 amide bonds. The second-order valence-electron chi connectivity index (χ2n) is 7.64. The smallest absolute Gasteiger partial charge is 0.264 e. The zero-order chi connectivity index (χ0) is 24.7. The number of benzene rings is 3. The van der Waals surface area contributed by atoms with Crippen LogP contribution < -0.4 is 19.1 Å². The predicted molar refractivity (Wildman–Crippen MR) is 134 cm³/mol. The molecule has 7 nitrogen and oxygen atoms in total. The van der Waals surface area contributed by atoms with Crippen LogP contribution in [0.1, 0.15) is 20.8 Å². The van der Waals surface area contributed by atoms with E-state index in [1.807, 2.05) is 20.8 Å². The van der Waals surface area contributed by atoms with Gasteiger partial charge in [0, 0.05) is 16.8 Å². The van der Waals surface area contributed by atoms with Crippen LogP contribution in [0.2, 0.25) is 5.02 Å². The Morgan fingerprint density at radius 1 is 1.00 bits per heavy atom. The Bertz CT molecular complexity index is 1210. The second-order valence-corrected chi connectivity index (χ2v) is 9.93. The topological polar surface area (TPSA) is 84.9 Å². The lowest BCUT2D eigenvalue weighted by Gasteiger charge is -2.24. The van der Waals surface area contributed by atoms with Crippen LogP contribution in [0, 0.1) is 0 Å². The molecule has 0 bridgehead atoms. The minimum atomic E-state index is -4.06. The van der Waals surface area contributed by atoms with Gasteiger partial charge in [0.15, 0.2) is 0 Å². The quantitative estimate of drug-likeness (QED) is 0.403. The van der Waals surface area contributed by atoms with E-state index in [4.69, 9.17) is 21.1 Å². The standard InChI is InChI=1S/C25H27ClN2O5S/c1-4-32-22-12-10-21(11-13-22)28(34(30,31)24-14-8-19(26)9-15-24)17-25(29)27-20-6-5-7-23(16-20)33-18(2)3/h5-16,18H,4,17H2,1-3H3,(H,27,29). The van der Waals surface area contributed by atoms with E-state index in [0.717, 1.165) is 4.31 Å². The Hall–Kier alpha value is -3.23. The van der Waals surface area contributed by atoms with Gasteiger partial charge >= 0.3 is 0 Å². The van der Waals surface area contributed by atoms with Gasteiger partial charge in [-0.3, -0.25) is 9.10 Å². The highest BCUT2D eigenvalue weighted by Gasteiger charge is 2.27. The number of hydrogen-bond donors (Lipinski definition) is 1. The molecule has 0 aliphatic heterocycles. The molecule has 0 fully saturated rings. The monoisotopic (exact) mass is 502 g/mol. The van der Waals surface area contributed by atoms with E-state index < -0.39 is 22.5 Å². The Morgan fingerprint density at radius 2 is 1.68 bits per heavy atom. The molecule has 180 valence electrons. The fraction of sp³-hybridized carbons (Fsp3) is 0.240. The van der Waals surface area contributed by atoms with Gasteiger partial charge in [-0.15, -0.1) is 0 Å². The summed E-state index contributed by atoms with van der Waals surface area (Å²) in [6, 6.07) is 19.2. The molecule has 0 aliphatic rings. The average molecular weight is 503 g/mol. The first-order chi connectivity index (χ1) is 16.2. The van der Waals surface area contributed by atoms with Crippen molar-refractivity contribution < 1.29 is 22.7 Å². The van der Waals surface area contributed by atoms with Crippen molar-refractivity contribution in [3.8, 4) is 11.5 Å². The van der Waals surface area contributed by atoms with Crippen molar-refractivity contribution in [3.05, 3.63) is 77.8 Å². The Kier molecular flexibility index (Phi) is 8.41.